The molecule has 15 heavy (non-hydrogen) atoms. The fourth-order valence-corrected chi connectivity index (χ4v) is 2.02. The lowest BCUT2D eigenvalue weighted by atomic mass is 10.0. The van der Waals surface area contributed by atoms with E-state index in [1.165, 1.54) is 12.8 Å². The van der Waals surface area contributed by atoms with Crippen LogP contribution in [0, 0.1) is 5.92 Å². The number of hydrogen-bond acceptors (Lipinski definition) is 2. The second-order valence-electron chi connectivity index (χ2n) is 3.80. The van der Waals surface area contributed by atoms with Crippen molar-refractivity contribution in [3.05, 3.63) is 28.0 Å². The zero-order valence-electron chi connectivity index (χ0n) is 8.12. The Bertz CT molecular complexity index is 339. The van der Waals surface area contributed by atoms with Gasteiger partial charge in [-0.2, -0.15) is 0 Å². The van der Waals surface area contributed by atoms with Crippen LogP contribution in [0.2, 0.25) is 10.3 Å². The molecule has 5 heteroatoms. The summed E-state index contributed by atoms with van der Waals surface area (Å²) in [6.07, 6.45) is 3.60. The van der Waals surface area contributed by atoms with Gasteiger partial charge in [0.25, 0.3) is 0 Å². The molecule has 1 aliphatic rings. The highest BCUT2D eigenvalue weighted by Crippen LogP contribution is 2.37. The largest absolute Gasteiger partial charge is 0.324 e. The van der Waals surface area contributed by atoms with Gasteiger partial charge in [-0.05, 0) is 18.4 Å². The predicted molar refractivity (Wildman–Crippen MR) is 65.8 cm³/mol. The van der Waals surface area contributed by atoms with Crippen LogP contribution in [0.1, 0.15) is 30.9 Å². The summed E-state index contributed by atoms with van der Waals surface area (Å²) in [5.74, 6) is 0.789. The normalized spacial score (nSPS) is 17.0. The highest BCUT2D eigenvalue weighted by molar-refractivity contribution is 6.32. The van der Waals surface area contributed by atoms with Crippen LogP contribution in [0.3, 0.4) is 0 Å². The van der Waals surface area contributed by atoms with Crippen molar-refractivity contribution in [2.75, 3.05) is 0 Å². The van der Waals surface area contributed by atoms with Gasteiger partial charge in [0.05, 0.1) is 0 Å². The fraction of sp³-hybridized carbons (Fsp3) is 0.500. The van der Waals surface area contributed by atoms with E-state index in [1.807, 2.05) is 6.07 Å². The molecule has 0 amide bonds. The Kier molecular flexibility index (Phi) is 4.65. The van der Waals surface area contributed by atoms with E-state index in [0.29, 0.717) is 10.3 Å². The van der Waals surface area contributed by atoms with Crippen molar-refractivity contribution >= 4 is 35.6 Å². The van der Waals surface area contributed by atoms with Crippen molar-refractivity contribution in [3.8, 4) is 0 Å². The van der Waals surface area contributed by atoms with Crippen molar-refractivity contribution in [2.24, 2.45) is 11.7 Å². The van der Waals surface area contributed by atoms with Crippen molar-refractivity contribution in [1.29, 1.82) is 0 Å². The molecule has 0 spiro atoms. The van der Waals surface area contributed by atoms with E-state index in [1.54, 1.807) is 6.07 Å². The summed E-state index contributed by atoms with van der Waals surface area (Å²) in [5, 5.41) is 0.850. The minimum atomic E-state index is -0.000216. The zero-order valence-corrected chi connectivity index (χ0v) is 10.4. The molecule has 1 aromatic rings. The summed E-state index contributed by atoms with van der Waals surface area (Å²) < 4.78 is 0. The Morgan fingerprint density at radius 1 is 1.40 bits per heavy atom. The van der Waals surface area contributed by atoms with Gasteiger partial charge in [0.2, 0.25) is 0 Å². The van der Waals surface area contributed by atoms with E-state index in [4.69, 9.17) is 28.9 Å². The second-order valence-corrected chi connectivity index (χ2v) is 4.54. The minimum Gasteiger partial charge on any atom is -0.324 e. The average molecular weight is 268 g/mol. The molecule has 1 atom stereocenters. The first-order valence-electron chi connectivity index (χ1n) is 4.74. The van der Waals surface area contributed by atoms with E-state index in [2.05, 4.69) is 4.98 Å². The Labute approximate surface area is 106 Å². The summed E-state index contributed by atoms with van der Waals surface area (Å²) in [6.45, 7) is 0. The van der Waals surface area contributed by atoms with Gasteiger partial charge in [0.15, 0.2) is 0 Å². The van der Waals surface area contributed by atoms with Crippen LogP contribution in [0.4, 0.5) is 0 Å². The second kappa shape index (κ2) is 5.35. The first-order valence-corrected chi connectivity index (χ1v) is 5.50. The molecule has 2 N–H and O–H groups in total. The van der Waals surface area contributed by atoms with Crippen LogP contribution >= 0.6 is 35.6 Å². The van der Waals surface area contributed by atoms with Gasteiger partial charge in [-0.1, -0.05) is 42.1 Å². The summed E-state index contributed by atoms with van der Waals surface area (Å²) in [6, 6.07) is 3.60. The van der Waals surface area contributed by atoms with Crippen molar-refractivity contribution in [1.82, 2.24) is 4.98 Å². The molecule has 1 saturated carbocycles. The standard InChI is InChI=1S/C10H12Cl2N2.ClH/c11-9-4-3-7(10(12)14-9)8(13)5-6-1-2-6;/h3-4,6,8H,1-2,5,13H2;1H/t8-;/m1./s1. The number of aromatic nitrogens is 1. The predicted octanol–water partition coefficient (Wildman–Crippen LogP) is 3.61. The molecule has 0 bridgehead atoms. The molecule has 0 aliphatic heterocycles. The SMILES string of the molecule is Cl.N[C@H](CC1CC1)c1ccc(Cl)nc1Cl. The number of hydrogen-bond donors (Lipinski definition) is 1. The Hall–Kier alpha value is -0.0200. The van der Waals surface area contributed by atoms with Crippen LogP contribution < -0.4 is 5.73 Å². The maximum absolute atomic E-state index is 6.02. The maximum atomic E-state index is 6.02. The molecule has 1 aliphatic carbocycles. The third kappa shape index (κ3) is 3.49. The number of halogens is 3. The molecular weight excluding hydrogens is 254 g/mol. The highest BCUT2D eigenvalue weighted by Gasteiger charge is 2.25. The van der Waals surface area contributed by atoms with E-state index in [0.717, 1.165) is 17.9 Å². The lowest BCUT2D eigenvalue weighted by Gasteiger charge is -2.12. The molecule has 0 unspecified atom stereocenters. The third-order valence-electron chi connectivity index (χ3n) is 2.53. The average Bonchev–Trinajstić information content (AvgIpc) is 2.87. The molecule has 1 aromatic heterocycles. The summed E-state index contributed by atoms with van der Waals surface area (Å²) in [7, 11) is 0. The number of rotatable bonds is 3. The van der Waals surface area contributed by atoms with E-state index in [9.17, 15) is 0 Å². The van der Waals surface area contributed by atoms with Gasteiger partial charge in [-0.25, -0.2) is 4.98 Å². The first-order chi connectivity index (χ1) is 6.66. The zero-order chi connectivity index (χ0) is 10.1. The molecule has 1 fully saturated rings. The molecule has 2 rings (SSSR count). The quantitative estimate of drug-likeness (QED) is 0.850. The summed E-state index contributed by atoms with van der Waals surface area (Å²) >= 11 is 11.7. The number of nitrogens with two attached hydrogens (primary N) is 1. The van der Waals surface area contributed by atoms with Gasteiger partial charge in [0.1, 0.15) is 10.3 Å². The number of nitrogens with zero attached hydrogens (tertiary/aromatic N) is 1. The molecule has 84 valence electrons. The Morgan fingerprint density at radius 3 is 2.60 bits per heavy atom. The minimum absolute atomic E-state index is 0. The van der Waals surface area contributed by atoms with Crippen molar-refractivity contribution < 1.29 is 0 Å². The van der Waals surface area contributed by atoms with Gasteiger partial charge in [0, 0.05) is 11.6 Å². The highest BCUT2D eigenvalue weighted by atomic mass is 35.5. The third-order valence-corrected chi connectivity index (χ3v) is 3.04. The van der Waals surface area contributed by atoms with E-state index in [-0.39, 0.29) is 18.4 Å². The van der Waals surface area contributed by atoms with Gasteiger partial charge < -0.3 is 5.73 Å². The van der Waals surface area contributed by atoms with Gasteiger partial charge in [-0.3, -0.25) is 0 Å². The molecule has 0 aromatic carbocycles. The lowest BCUT2D eigenvalue weighted by molar-refractivity contribution is 0.595. The topological polar surface area (TPSA) is 38.9 Å². The van der Waals surface area contributed by atoms with Gasteiger partial charge >= 0.3 is 0 Å². The van der Waals surface area contributed by atoms with Crippen LogP contribution in [-0.2, 0) is 0 Å². The maximum Gasteiger partial charge on any atom is 0.135 e. The van der Waals surface area contributed by atoms with E-state index >= 15 is 0 Å². The lowest BCUT2D eigenvalue weighted by Crippen LogP contribution is -2.12. The Morgan fingerprint density at radius 2 is 2.07 bits per heavy atom. The smallest absolute Gasteiger partial charge is 0.135 e. The van der Waals surface area contributed by atoms with Crippen molar-refractivity contribution in [2.45, 2.75) is 25.3 Å². The molecular formula is C10H13Cl3N2. The van der Waals surface area contributed by atoms with E-state index < -0.39 is 0 Å². The Balaban J connectivity index is 0.00000112. The first kappa shape index (κ1) is 13.0. The molecule has 0 saturated heterocycles. The summed E-state index contributed by atoms with van der Waals surface area (Å²) in [5.41, 5.74) is 6.92. The van der Waals surface area contributed by atoms with Crippen molar-refractivity contribution in [3.63, 3.8) is 0 Å². The van der Waals surface area contributed by atoms with Crippen LogP contribution in [0.5, 0.6) is 0 Å². The van der Waals surface area contributed by atoms with Crippen LogP contribution in [0.15, 0.2) is 12.1 Å². The fourth-order valence-electron chi connectivity index (χ4n) is 1.54. The molecule has 1 heterocycles. The monoisotopic (exact) mass is 266 g/mol. The summed E-state index contributed by atoms with van der Waals surface area (Å²) in [4.78, 5) is 3.97. The number of pyridine rings is 1. The van der Waals surface area contributed by atoms with Gasteiger partial charge in [-0.15, -0.1) is 12.4 Å². The molecule has 0 radical (unpaired) electrons. The molecule has 2 nitrogen and oxygen atoms in total. The van der Waals surface area contributed by atoms with Crippen LogP contribution in [0.25, 0.3) is 0 Å². The van der Waals surface area contributed by atoms with Crippen LogP contribution in [-0.4, -0.2) is 4.98 Å².